The number of nitrogens with zero attached hydrogens (tertiary/aromatic N) is 1. The lowest BCUT2D eigenvalue weighted by Crippen LogP contribution is -2.40. The highest BCUT2D eigenvalue weighted by Gasteiger charge is 2.23. The Labute approximate surface area is 126 Å². The van der Waals surface area contributed by atoms with E-state index in [0.717, 1.165) is 13.0 Å². The molecule has 1 saturated heterocycles. The maximum atomic E-state index is 13.9. The Morgan fingerprint density at radius 2 is 2.24 bits per heavy atom. The summed E-state index contributed by atoms with van der Waals surface area (Å²) in [5, 5.41) is 0. The maximum absolute atomic E-state index is 13.9. The predicted molar refractivity (Wildman–Crippen MR) is 81.4 cm³/mol. The quantitative estimate of drug-likeness (QED) is 0.749. The minimum Gasteiger partial charge on any atom is -0.496 e. The van der Waals surface area contributed by atoms with Crippen molar-refractivity contribution >= 4 is 5.78 Å². The number of benzene rings is 1. The van der Waals surface area contributed by atoms with Gasteiger partial charge in [0.05, 0.1) is 12.7 Å². The first-order valence-corrected chi connectivity index (χ1v) is 7.77. The van der Waals surface area contributed by atoms with Crippen LogP contribution >= 0.6 is 0 Å². The van der Waals surface area contributed by atoms with E-state index >= 15 is 0 Å². The van der Waals surface area contributed by atoms with Gasteiger partial charge in [-0.2, -0.15) is 0 Å². The average molecular weight is 293 g/mol. The largest absolute Gasteiger partial charge is 0.496 e. The van der Waals surface area contributed by atoms with Crippen LogP contribution in [0.15, 0.2) is 18.2 Å². The molecule has 1 fully saturated rings. The zero-order chi connectivity index (χ0) is 15.2. The lowest BCUT2D eigenvalue weighted by Gasteiger charge is -2.35. The highest BCUT2D eigenvalue weighted by Crippen LogP contribution is 2.24. The molecule has 3 nitrogen and oxygen atoms in total. The molecule has 1 aromatic carbocycles. The van der Waals surface area contributed by atoms with Crippen molar-refractivity contribution in [1.29, 1.82) is 0 Å². The van der Waals surface area contributed by atoms with Gasteiger partial charge in [-0.05, 0) is 37.9 Å². The van der Waals surface area contributed by atoms with Crippen molar-refractivity contribution in [2.45, 2.75) is 45.1 Å². The van der Waals surface area contributed by atoms with Gasteiger partial charge < -0.3 is 4.74 Å². The van der Waals surface area contributed by atoms with Crippen LogP contribution in [0.3, 0.4) is 0 Å². The molecule has 21 heavy (non-hydrogen) atoms. The molecular formula is C17H24FNO2. The molecule has 1 aromatic rings. The first kappa shape index (κ1) is 16.0. The van der Waals surface area contributed by atoms with Gasteiger partial charge in [-0.15, -0.1) is 0 Å². The Balaban J connectivity index is 2.01. The summed E-state index contributed by atoms with van der Waals surface area (Å²) in [5.74, 6) is -0.346. The minimum absolute atomic E-state index is 0.0880. The van der Waals surface area contributed by atoms with Crippen LogP contribution in [0.1, 0.15) is 49.4 Å². The summed E-state index contributed by atoms with van der Waals surface area (Å²) >= 11 is 0. The van der Waals surface area contributed by atoms with Crippen molar-refractivity contribution in [3.63, 3.8) is 0 Å². The molecule has 0 bridgehead atoms. The van der Waals surface area contributed by atoms with E-state index in [0.29, 0.717) is 24.8 Å². The molecule has 4 heteroatoms. The summed E-state index contributed by atoms with van der Waals surface area (Å²) in [6, 6.07) is 5.06. The Kier molecular flexibility index (Phi) is 5.74. The monoisotopic (exact) mass is 293 g/mol. The molecule has 1 aliphatic heterocycles. The third kappa shape index (κ3) is 3.82. The summed E-state index contributed by atoms with van der Waals surface area (Å²) in [5.41, 5.74) is 0.0880. The normalized spacial score (nSPS) is 19.5. The van der Waals surface area contributed by atoms with E-state index in [-0.39, 0.29) is 11.3 Å². The number of ether oxygens (including phenoxy) is 1. The van der Waals surface area contributed by atoms with E-state index in [2.05, 4.69) is 11.8 Å². The number of Topliss-reactive ketones (excluding diaryl/α,β-unsaturated/α-hetero) is 1. The Bertz CT molecular complexity index is 490. The fourth-order valence-corrected chi connectivity index (χ4v) is 3.13. The number of rotatable bonds is 6. The van der Waals surface area contributed by atoms with Gasteiger partial charge in [0, 0.05) is 19.0 Å². The highest BCUT2D eigenvalue weighted by atomic mass is 19.1. The zero-order valence-corrected chi connectivity index (χ0v) is 12.9. The van der Waals surface area contributed by atoms with Gasteiger partial charge in [-0.1, -0.05) is 19.4 Å². The van der Waals surface area contributed by atoms with Crippen LogP contribution in [-0.2, 0) is 0 Å². The molecule has 1 atom stereocenters. The Hall–Kier alpha value is -1.42. The number of methoxy groups -OCH3 is 1. The zero-order valence-electron chi connectivity index (χ0n) is 12.9. The third-order valence-corrected chi connectivity index (χ3v) is 4.32. The van der Waals surface area contributed by atoms with Gasteiger partial charge in [-0.25, -0.2) is 4.39 Å². The van der Waals surface area contributed by atoms with E-state index in [1.54, 1.807) is 12.1 Å². The second kappa shape index (κ2) is 7.55. The minimum atomic E-state index is -0.495. The number of carbonyl (C=O) groups is 1. The van der Waals surface area contributed by atoms with Crippen molar-refractivity contribution in [2.24, 2.45) is 0 Å². The standard InChI is InChI=1S/C17H24FNO2/c1-3-13-7-4-5-11-19(13)12-10-15(20)17-14(18)8-6-9-16(17)21-2/h6,8-9,13H,3-5,7,10-12H2,1-2H3. The van der Waals surface area contributed by atoms with Crippen LogP contribution in [-0.4, -0.2) is 36.9 Å². The molecule has 1 unspecified atom stereocenters. The number of ketones is 1. The fraction of sp³-hybridized carbons (Fsp3) is 0.588. The van der Waals surface area contributed by atoms with Gasteiger partial charge in [-0.3, -0.25) is 9.69 Å². The molecule has 116 valence electrons. The van der Waals surface area contributed by atoms with Gasteiger partial charge >= 0.3 is 0 Å². The van der Waals surface area contributed by atoms with Crippen molar-refractivity contribution in [3.05, 3.63) is 29.6 Å². The number of carbonyl (C=O) groups excluding carboxylic acids is 1. The number of likely N-dealkylation sites (tertiary alicyclic amines) is 1. The van der Waals surface area contributed by atoms with Crippen LogP contribution in [0.4, 0.5) is 4.39 Å². The van der Waals surface area contributed by atoms with Crippen molar-refractivity contribution in [1.82, 2.24) is 4.90 Å². The molecule has 0 aromatic heterocycles. The molecule has 1 aliphatic rings. The summed E-state index contributed by atoms with van der Waals surface area (Å²) in [4.78, 5) is 14.7. The van der Waals surface area contributed by atoms with Gasteiger partial charge in [0.1, 0.15) is 11.6 Å². The van der Waals surface area contributed by atoms with Gasteiger partial charge in [0.25, 0.3) is 0 Å². The van der Waals surface area contributed by atoms with Crippen LogP contribution in [0.5, 0.6) is 5.75 Å². The van der Waals surface area contributed by atoms with Crippen LogP contribution in [0, 0.1) is 5.82 Å². The van der Waals surface area contributed by atoms with Crippen molar-refractivity contribution in [2.75, 3.05) is 20.2 Å². The molecule has 0 N–H and O–H groups in total. The summed E-state index contributed by atoms with van der Waals surface area (Å²) in [7, 11) is 1.46. The molecule has 0 aliphatic carbocycles. The Morgan fingerprint density at radius 1 is 1.43 bits per heavy atom. The molecule has 0 radical (unpaired) electrons. The third-order valence-electron chi connectivity index (χ3n) is 4.32. The van der Waals surface area contributed by atoms with E-state index < -0.39 is 5.82 Å². The summed E-state index contributed by atoms with van der Waals surface area (Å²) in [6.45, 7) is 3.93. The number of hydrogen-bond donors (Lipinski definition) is 0. The smallest absolute Gasteiger partial charge is 0.170 e. The van der Waals surface area contributed by atoms with E-state index in [4.69, 9.17) is 4.74 Å². The van der Waals surface area contributed by atoms with Crippen molar-refractivity contribution in [3.8, 4) is 5.75 Å². The van der Waals surface area contributed by atoms with Crippen LogP contribution in [0.2, 0.25) is 0 Å². The lowest BCUT2D eigenvalue weighted by molar-refractivity contribution is 0.0916. The molecule has 0 saturated carbocycles. The van der Waals surface area contributed by atoms with Crippen molar-refractivity contribution < 1.29 is 13.9 Å². The second-order valence-electron chi connectivity index (χ2n) is 5.58. The molecular weight excluding hydrogens is 269 g/mol. The molecule has 1 heterocycles. The van der Waals surface area contributed by atoms with E-state index in [1.807, 2.05) is 0 Å². The number of hydrogen-bond acceptors (Lipinski definition) is 3. The highest BCUT2D eigenvalue weighted by molar-refractivity contribution is 5.99. The van der Waals surface area contributed by atoms with Gasteiger partial charge in [0.15, 0.2) is 5.78 Å². The predicted octanol–water partition coefficient (Wildman–Crippen LogP) is 3.67. The topological polar surface area (TPSA) is 29.5 Å². The molecule has 0 spiro atoms. The average Bonchev–Trinajstić information content (AvgIpc) is 2.52. The first-order chi connectivity index (χ1) is 10.2. The fourth-order valence-electron chi connectivity index (χ4n) is 3.13. The summed E-state index contributed by atoms with van der Waals surface area (Å²) < 4.78 is 19.0. The maximum Gasteiger partial charge on any atom is 0.170 e. The van der Waals surface area contributed by atoms with Crippen LogP contribution < -0.4 is 4.74 Å². The van der Waals surface area contributed by atoms with E-state index in [9.17, 15) is 9.18 Å². The number of halogens is 1. The summed E-state index contributed by atoms with van der Waals surface area (Å²) in [6.07, 6.45) is 5.11. The second-order valence-corrected chi connectivity index (χ2v) is 5.58. The van der Waals surface area contributed by atoms with Crippen LogP contribution in [0.25, 0.3) is 0 Å². The Morgan fingerprint density at radius 3 is 2.95 bits per heavy atom. The SMILES string of the molecule is CCC1CCCCN1CCC(=O)c1c(F)cccc1OC. The molecule has 2 rings (SSSR count). The number of piperidine rings is 1. The van der Waals surface area contributed by atoms with Gasteiger partial charge in [0.2, 0.25) is 0 Å². The molecule has 0 amide bonds. The van der Waals surface area contributed by atoms with E-state index in [1.165, 1.54) is 32.4 Å². The first-order valence-electron chi connectivity index (χ1n) is 7.77. The lowest BCUT2D eigenvalue weighted by atomic mass is 9.99.